The highest BCUT2D eigenvalue weighted by atomic mass is 16.2. The lowest BCUT2D eigenvalue weighted by Gasteiger charge is -2.16. The van der Waals surface area contributed by atoms with Gasteiger partial charge in [0.2, 0.25) is 5.91 Å². The number of rotatable bonds is 3. The Balaban J connectivity index is 2.00. The van der Waals surface area contributed by atoms with E-state index in [9.17, 15) is 4.79 Å². The number of likely N-dealkylation sites (tertiary alicyclic amines) is 1. The van der Waals surface area contributed by atoms with Gasteiger partial charge in [0, 0.05) is 25.5 Å². The summed E-state index contributed by atoms with van der Waals surface area (Å²) in [6.45, 7) is 1.50. The summed E-state index contributed by atoms with van der Waals surface area (Å²) >= 11 is 0. The van der Waals surface area contributed by atoms with Crippen molar-refractivity contribution < 1.29 is 4.79 Å². The summed E-state index contributed by atoms with van der Waals surface area (Å²) in [5, 5.41) is 3.02. The van der Waals surface area contributed by atoms with E-state index in [1.54, 1.807) is 12.4 Å². The number of hydrogen-bond donors (Lipinski definition) is 1. The predicted octanol–water partition coefficient (Wildman–Crippen LogP) is 0.402. The third-order valence-corrected chi connectivity index (χ3v) is 2.74. The van der Waals surface area contributed by atoms with Gasteiger partial charge in [-0.05, 0) is 25.1 Å². The van der Waals surface area contributed by atoms with Crippen LogP contribution in [0.25, 0.3) is 0 Å². The first-order chi connectivity index (χ1) is 7.31. The summed E-state index contributed by atoms with van der Waals surface area (Å²) in [7, 11) is 1.83. The minimum atomic E-state index is 0.00155. The fraction of sp³-hybridized carbons (Fsp3) is 0.455. The molecule has 1 fully saturated rings. The smallest absolute Gasteiger partial charge is 0.240 e. The Labute approximate surface area is 89.3 Å². The fourth-order valence-corrected chi connectivity index (χ4v) is 1.88. The SMILES string of the molecule is CNC1CCN(Cc2cccnc2)C1=O. The lowest BCUT2D eigenvalue weighted by molar-refractivity contribution is -0.129. The highest BCUT2D eigenvalue weighted by Gasteiger charge is 2.29. The number of carbonyl (C=O) groups is 1. The van der Waals surface area contributed by atoms with Gasteiger partial charge in [-0.2, -0.15) is 0 Å². The normalized spacial score (nSPS) is 21.0. The van der Waals surface area contributed by atoms with Gasteiger partial charge in [-0.25, -0.2) is 0 Å². The van der Waals surface area contributed by atoms with Crippen molar-refractivity contribution >= 4 is 5.91 Å². The van der Waals surface area contributed by atoms with Crippen molar-refractivity contribution in [1.82, 2.24) is 15.2 Å². The molecule has 0 radical (unpaired) electrons. The molecule has 2 heterocycles. The van der Waals surface area contributed by atoms with Crippen LogP contribution in [0.15, 0.2) is 24.5 Å². The second-order valence-corrected chi connectivity index (χ2v) is 3.75. The molecule has 1 atom stereocenters. The minimum absolute atomic E-state index is 0.00155. The summed E-state index contributed by atoms with van der Waals surface area (Å²) in [5.41, 5.74) is 1.09. The second-order valence-electron chi connectivity index (χ2n) is 3.75. The maximum atomic E-state index is 11.8. The minimum Gasteiger partial charge on any atom is -0.337 e. The first-order valence-corrected chi connectivity index (χ1v) is 5.16. The summed E-state index contributed by atoms with van der Waals surface area (Å²) in [4.78, 5) is 17.7. The zero-order valence-electron chi connectivity index (χ0n) is 8.81. The van der Waals surface area contributed by atoms with Crippen molar-refractivity contribution in [3.63, 3.8) is 0 Å². The predicted molar refractivity (Wildman–Crippen MR) is 57.1 cm³/mol. The molecule has 1 N–H and O–H groups in total. The standard InChI is InChI=1S/C11H15N3O/c1-12-10-4-6-14(11(10)15)8-9-3-2-5-13-7-9/h2-3,5,7,10,12H,4,6,8H2,1H3. The molecular formula is C11H15N3O. The van der Waals surface area contributed by atoms with Crippen molar-refractivity contribution in [3.05, 3.63) is 30.1 Å². The van der Waals surface area contributed by atoms with Crippen LogP contribution in [0.1, 0.15) is 12.0 Å². The number of nitrogens with one attached hydrogen (secondary N) is 1. The Morgan fingerprint density at radius 1 is 1.67 bits per heavy atom. The van der Waals surface area contributed by atoms with Gasteiger partial charge in [0.25, 0.3) is 0 Å². The lowest BCUT2D eigenvalue weighted by Crippen LogP contribution is -2.35. The van der Waals surface area contributed by atoms with E-state index in [4.69, 9.17) is 0 Å². The van der Waals surface area contributed by atoms with Gasteiger partial charge in [0.1, 0.15) is 0 Å². The number of pyridine rings is 1. The van der Waals surface area contributed by atoms with Gasteiger partial charge in [-0.15, -0.1) is 0 Å². The van der Waals surface area contributed by atoms with Crippen LogP contribution in [0.4, 0.5) is 0 Å². The molecule has 1 unspecified atom stereocenters. The molecule has 0 spiro atoms. The van der Waals surface area contributed by atoms with Crippen molar-refractivity contribution in [3.8, 4) is 0 Å². The molecule has 1 aliphatic heterocycles. The quantitative estimate of drug-likeness (QED) is 0.777. The maximum Gasteiger partial charge on any atom is 0.240 e. The van der Waals surface area contributed by atoms with Crippen LogP contribution in [0.2, 0.25) is 0 Å². The first-order valence-electron chi connectivity index (χ1n) is 5.16. The van der Waals surface area contributed by atoms with Gasteiger partial charge in [0.15, 0.2) is 0 Å². The van der Waals surface area contributed by atoms with Crippen LogP contribution in [0.5, 0.6) is 0 Å². The lowest BCUT2D eigenvalue weighted by atomic mass is 10.2. The molecule has 1 amide bonds. The summed E-state index contributed by atoms with van der Waals surface area (Å²) in [5.74, 6) is 0.196. The van der Waals surface area contributed by atoms with Gasteiger partial charge in [-0.1, -0.05) is 6.07 Å². The molecule has 0 bridgehead atoms. The van der Waals surface area contributed by atoms with Crippen LogP contribution in [0, 0.1) is 0 Å². The van der Waals surface area contributed by atoms with Crippen molar-refractivity contribution in [2.75, 3.05) is 13.6 Å². The molecule has 1 aromatic rings. The van der Waals surface area contributed by atoms with E-state index in [1.165, 1.54) is 0 Å². The van der Waals surface area contributed by atoms with Crippen LogP contribution in [-0.4, -0.2) is 35.4 Å². The fourth-order valence-electron chi connectivity index (χ4n) is 1.88. The Morgan fingerprint density at radius 2 is 2.53 bits per heavy atom. The number of amides is 1. The Kier molecular flexibility index (Phi) is 2.97. The van der Waals surface area contributed by atoms with E-state index in [-0.39, 0.29) is 11.9 Å². The summed E-state index contributed by atoms with van der Waals surface area (Å²) < 4.78 is 0. The Hall–Kier alpha value is -1.42. The zero-order valence-corrected chi connectivity index (χ0v) is 8.81. The molecule has 15 heavy (non-hydrogen) atoms. The van der Waals surface area contributed by atoms with Gasteiger partial charge >= 0.3 is 0 Å². The molecule has 4 nitrogen and oxygen atoms in total. The Bertz CT molecular complexity index is 339. The second kappa shape index (κ2) is 4.40. The summed E-state index contributed by atoms with van der Waals surface area (Å²) in [6, 6.07) is 3.89. The molecule has 2 rings (SSSR count). The van der Waals surface area contributed by atoms with Gasteiger partial charge in [0.05, 0.1) is 6.04 Å². The highest BCUT2D eigenvalue weighted by Crippen LogP contribution is 2.13. The van der Waals surface area contributed by atoms with E-state index in [0.717, 1.165) is 18.5 Å². The van der Waals surface area contributed by atoms with E-state index in [0.29, 0.717) is 6.54 Å². The van der Waals surface area contributed by atoms with Crippen molar-refractivity contribution in [2.45, 2.75) is 19.0 Å². The topological polar surface area (TPSA) is 45.2 Å². The third-order valence-electron chi connectivity index (χ3n) is 2.74. The summed E-state index contributed by atoms with van der Waals surface area (Å²) in [6.07, 6.45) is 4.45. The van der Waals surface area contributed by atoms with E-state index >= 15 is 0 Å². The highest BCUT2D eigenvalue weighted by molar-refractivity contribution is 5.83. The van der Waals surface area contributed by atoms with Crippen LogP contribution in [-0.2, 0) is 11.3 Å². The molecule has 0 aromatic carbocycles. The number of carbonyl (C=O) groups excluding carboxylic acids is 1. The van der Waals surface area contributed by atoms with Gasteiger partial charge < -0.3 is 10.2 Å². The molecule has 0 aliphatic carbocycles. The molecule has 0 saturated carbocycles. The molecular weight excluding hydrogens is 190 g/mol. The molecule has 4 heteroatoms. The van der Waals surface area contributed by atoms with Crippen molar-refractivity contribution in [2.24, 2.45) is 0 Å². The molecule has 80 valence electrons. The van der Waals surface area contributed by atoms with Gasteiger partial charge in [-0.3, -0.25) is 9.78 Å². The van der Waals surface area contributed by atoms with E-state index in [2.05, 4.69) is 10.3 Å². The maximum absolute atomic E-state index is 11.8. The number of nitrogens with zero attached hydrogens (tertiary/aromatic N) is 2. The van der Waals surface area contributed by atoms with Crippen molar-refractivity contribution in [1.29, 1.82) is 0 Å². The van der Waals surface area contributed by atoms with Crippen LogP contribution < -0.4 is 5.32 Å². The largest absolute Gasteiger partial charge is 0.337 e. The zero-order chi connectivity index (χ0) is 10.7. The average Bonchev–Trinajstić information content (AvgIpc) is 2.62. The first kappa shape index (κ1) is 10.1. The molecule has 1 aromatic heterocycles. The number of hydrogen-bond acceptors (Lipinski definition) is 3. The Morgan fingerprint density at radius 3 is 3.13 bits per heavy atom. The number of aromatic nitrogens is 1. The molecule has 1 aliphatic rings. The monoisotopic (exact) mass is 205 g/mol. The third kappa shape index (κ3) is 2.15. The van der Waals surface area contributed by atoms with E-state index < -0.39 is 0 Å². The van der Waals surface area contributed by atoms with Crippen LogP contribution >= 0.6 is 0 Å². The number of likely N-dealkylation sites (N-methyl/N-ethyl adjacent to an activating group) is 1. The van der Waals surface area contributed by atoms with Crippen LogP contribution in [0.3, 0.4) is 0 Å². The van der Waals surface area contributed by atoms with E-state index in [1.807, 2.05) is 24.1 Å². The molecule has 1 saturated heterocycles. The average molecular weight is 205 g/mol.